The van der Waals surface area contributed by atoms with Crippen molar-refractivity contribution in [2.75, 3.05) is 20.1 Å². The van der Waals surface area contributed by atoms with Gasteiger partial charge in [0, 0.05) is 11.8 Å². The van der Waals surface area contributed by atoms with Gasteiger partial charge in [0.2, 0.25) is 0 Å². The van der Waals surface area contributed by atoms with Crippen LogP contribution >= 0.6 is 11.6 Å². The smallest absolute Gasteiger partial charge is 0.335 e. The van der Waals surface area contributed by atoms with Crippen molar-refractivity contribution in [1.82, 2.24) is 0 Å². The van der Waals surface area contributed by atoms with Crippen LogP contribution in [-0.4, -0.2) is 42.3 Å². The molecule has 0 aromatic heterocycles. The summed E-state index contributed by atoms with van der Waals surface area (Å²) in [4.78, 5) is 22.8. The molecule has 106 valence electrons. The highest BCUT2D eigenvalue weighted by atomic mass is 35.5. The van der Waals surface area contributed by atoms with Gasteiger partial charge in [-0.15, -0.1) is 11.6 Å². The van der Waals surface area contributed by atoms with Gasteiger partial charge >= 0.3 is 11.9 Å². The van der Waals surface area contributed by atoms with Crippen LogP contribution in [0.4, 0.5) is 0 Å². The Hall–Kier alpha value is -1.69. The summed E-state index contributed by atoms with van der Waals surface area (Å²) in [5, 5.41) is 18.7. The summed E-state index contributed by atoms with van der Waals surface area (Å²) < 4.78 is 10.0. The molecule has 0 amide bonds. The van der Waals surface area contributed by atoms with Gasteiger partial charge in [0.25, 0.3) is 0 Å². The lowest BCUT2D eigenvalue weighted by atomic mass is 9.70. The number of hydrogen-bond acceptors (Lipinski definition) is 4. The topological polar surface area (TPSA) is 93.1 Å². The molecule has 0 bridgehead atoms. The molecule has 6 nitrogen and oxygen atoms in total. The lowest BCUT2D eigenvalue weighted by molar-refractivity contribution is -0.147. The maximum absolute atomic E-state index is 11.5. The number of methoxy groups -OCH3 is 2. The predicted molar refractivity (Wildman–Crippen MR) is 66.7 cm³/mol. The molecule has 2 N–H and O–H groups in total. The van der Waals surface area contributed by atoms with E-state index in [9.17, 15) is 19.8 Å². The number of halogens is 1. The van der Waals surface area contributed by atoms with Crippen LogP contribution in [0.3, 0.4) is 0 Å². The summed E-state index contributed by atoms with van der Waals surface area (Å²) >= 11 is 5.77. The van der Waals surface area contributed by atoms with E-state index in [2.05, 4.69) is 0 Å². The molecule has 19 heavy (non-hydrogen) atoms. The Morgan fingerprint density at radius 2 is 1.95 bits per heavy atom. The summed E-state index contributed by atoms with van der Waals surface area (Å²) in [5.74, 6) is -3.46. The van der Waals surface area contributed by atoms with E-state index in [1.807, 2.05) is 0 Å². The third-order valence-corrected chi connectivity index (χ3v) is 3.55. The third kappa shape index (κ3) is 2.40. The van der Waals surface area contributed by atoms with Crippen LogP contribution in [0.2, 0.25) is 0 Å². The zero-order valence-electron chi connectivity index (χ0n) is 10.8. The van der Waals surface area contributed by atoms with E-state index in [1.54, 1.807) is 0 Å². The monoisotopic (exact) mass is 290 g/mol. The van der Waals surface area contributed by atoms with Crippen molar-refractivity contribution in [3.63, 3.8) is 0 Å². The first-order valence-electron chi connectivity index (χ1n) is 5.41. The number of carboxylic acid groups (broad SMARTS) is 2. The number of carbonyl (C=O) groups is 2. The molecule has 0 aromatic carbocycles. The summed E-state index contributed by atoms with van der Waals surface area (Å²) in [5.41, 5.74) is -1.66. The Kier molecular flexibility index (Phi) is 4.47. The second kappa shape index (κ2) is 5.52. The lowest BCUT2D eigenvalue weighted by Crippen LogP contribution is -2.41. The summed E-state index contributed by atoms with van der Waals surface area (Å²) in [7, 11) is 2.60. The number of alkyl halides is 1. The molecular weight excluding hydrogens is 276 g/mol. The predicted octanol–water partition coefficient (Wildman–Crippen LogP) is 1.46. The van der Waals surface area contributed by atoms with Crippen molar-refractivity contribution in [1.29, 1.82) is 0 Å². The fourth-order valence-electron chi connectivity index (χ4n) is 2.09. The highest BCUT2D eigenvalue weighted by Gasteiger charge is 2.49. The molecule has 0 spiro atoms. The molecule has 1 aliphatic rings. The van der Waals surface area contributed by atoms with Crippen LogP contribution < -0.4 is 0 Å². The van der Waals surface area contributed by atoms with Gasteiger partial charge in [0.15, 0.2) is 11.5 Å². The zero-order chi connectivity index (χ0) is 14.8. The molecule has 1 aliphatic carbocycles. The average molecular weight is 291 g/mol. The second-order valence-electron chi connectivity index (χ2n) is 4.26. The minimum Gasteiger partial charge on any atom is -0.493 e. The van der Waals surface area contributed by atoms with Crippen molar-refractivity contribution in [3.05, 3.63) is 23.2 Å². The summed E-state index contributed by atoms with van der Waals surface area (Å²) in [6.45, 7) is 1.40. The van der Waals surface area contributed by atoms with Gasteiger partial charge in [-0.25, -0.2) is 4.79 Å². The maximum Gasteiger partial charge on any atom is 0.335 e. The molecule has 2 unspecified atom stereocenters. The van der Waals surface area contributed by atoms with Crippen LogP contribution in [0.15, 0.2) is 23.2 Å². The van der Waals surface area contributed by atoms with Crippen LogP contribution in [0.5, 0.6) is 0 Å². The van der Waals surface area contributed by atoms with Crippen molar-refractivity contribution in [2.24, 2.45) is 11.3 Å². The molecule has 0 heterocycles. The molecule has 0 saturated carbocycles. The number of hydrogen-bond donors (Lipinski definition) is 2. The molecule has 7 heteroatoms. The number of rotatable bonds is 5. The highest BCUT2D eigenvalue weighted by molar-refractivity contribution is 6.19. The van der Waals surface area contributed by atoms with Gasteiger partial charge in [-0.05, 0) is 13.0 Å². The third-order valence-electron chi connectivity index (χ3n) is 3.24. The largest absolute Gasteiger partial charge is 0.493 e. The Balaban J connectivity index is 3.57. The fraction of sp³-hybridized carbons (Fsp3) is 0.500. The summed E-state index contributed by atoms with van der Waals surface area (Å²) in [6, 6.07) is 0. The highest BCUT2D eigenvalue weighted by Crippen LogP contribution is 2.44. The van der Waals surface area contributed by atoms with Crippen molar-refractivity contribution in [3.8, 4) is 0 Å². The molecule has 0 radical (unpaired) electrons. The van der Waals surface area contributed by atoms with Crippen LogP contribution in [0, 0.1) is 11.3 Å². The minimum absolute atomic E-state index is 0.000579. The van der Waals surface area contributed by atoms with Gasteiger partial charge in [-0.2, -0.15) is 0 Å². The van der Waals surface area contributed by atoms with Gasteiger partial charge < -0.3 is 19.7 Å². The van der Waals surface area contributed by atoms with Crippen LogP contribution in [0.25, 0.3) is 0 Å². The van der Waals surface area contributed by atoms with Crippen LogP contribution in [0.1, 0.15) is 6.92 Å². The Morgan fingerprint density at radius 3 is 2.26 bits per heavy atom. The zero-order valence-corrected chi connectivity index (χ0v) is 11.5. The number of ether oxygens (including phenoxy) is 2. The van der Waals surface area contributed by atoms with Gasteiger partial charge in [-0.1, -0.05) is 0 Å². The van der Waals surface area contributed by atoms with E-state index in [0.717, 1.165) is 0 Å². The Bertz CT molecular complexity index is 467. The molecular formula is C12H15ClO6. The average Bonchev–Trinajstić information content (AvgIpc) is 2.36. The molecule has 0 aromatic rings. The first-order valence-corrected chi connectivity index (χ1v) is 5.94. The number of carboxylic acids is 2. The minimum atomic E-state index is -1.47. The summed E-state index contributed by atoms with van der Waals surface area (Å²) in [6.07, 6.45) is 1.33. The van der Waals surface area contributed by atoms with E-state index >= 15 is 0 Å². The van der Waals surface area contributed by atoms with E-state index in [1.165, 1.54) is 27.2 Å². The van der Waals surface area contributed by atoms with Crippen molar-refractivity contribution in [2.45, 2.75) is 6.92 Å². The number of aliphatic carboxylic acids is 2. The molecule has 0 saturated heterocycles. The lowest BCUT2D eigenvalue weighted by Gasteiger charge is -2.35. The molecule has 0 fully saturated rings. The van der Waals surface area contributed by atoms with E-state index < -0.39 is 23.3 Å². The molecule has 0 aliphatic heterocycles. The van der Waals surface area contributed by atoms with E-state index in [0.29, 0.717) is 0 Å². The van der Waals surface area contributed by atoms with Gasteiger partial charge in [0.05, 0.1) is 25.2 Å². The Morgan fingerprint density at radius 1 is 1.37 bits per heavy atom. The molecule has 1 rings (SSSR count). The van der Waals surface area contributed by atoms with E-state index in [4.69, 9.17) is 21.1 Å². The SMILES string of the molecule is COC1=CC(C)(C(=O)O)C(CCl)C(C(=O)O)=C1OC. The fourth-order valence-corrected chi connectivity index (χ4v) is 2.56. The normalized spacial score (nSPS) is 26.7. The standard InChI is InChI=1S/C12H15ClO6/c1-12(11(16)17)4-7(18-2)9(19-3)8(10(14)15)6(12)5-13/h4,6H,5H2,1-3H3,(H,14,15)(H,16,17). The first kappa shape index (κ1) is 15.4. The maximum atomic E-state index is 11.5. The first-order chi connectivity index (χ1) is 8.83. The van der Waals surface area contributed by atoms with E-state index in [-0.39, 0.29) is 23.0 Å². The molecule has 2 atom stereocenters. The van der Waals surface area contributed by atoms with Crippen molar-refractivity contribution >= 4 is 23.5 Å². The van der Waals surface area contributed by atoms with Gasteiger partial charge in [0.1, 0.15) is 0 Å². The van der Waals surface area contributed by atoms with Gasteiger partial charge in [-0.3, -0.25) is 4.79 Å². The quantitative estimate of drug-likeness (QED) is 0.745. The van der Waals surface area contributed by atoms with Crippen LogP contribution in [-0.2, 0) is 19.1 Å². The van der Waals surface area contributed by atoms with Crippen molar-refractivity contribution < 1.29 is 29.3 Å². The second-order valence-corrected chi connectivity index (χ2v) is 4.57. The Labute approximate surface area is 115 Å².